The fourth-order valence-electron chi connectivity index (χ4n) is 8.62. The van der Waals surface area contributed by atoms with E-state index in [2.05, 4.69) is 41.8 Å². The summed E-state index contributed by atoms with van der Waals surface area (Å²) in [7, 11) is 1.79. The Bertz CT molecular complexity index is 2200. The first-order valence-electron chi connectivity index (χ1n) is 21.9. The van der Waals surface area contributed by atoms with E-state index in [1.165, 1.54) is 6.07 Å². The maximum atomic E-state index is 16.3. The number of fused-ring (bicyclic) bond motifs is 1. The average Bonchev–Trinajstić information content (AvgIpc) is 3.99. The average molecular weight is 857 g/mol. The molecule has 2 atom stereocenters. The van der Waals surface area contributed by atoms with Gasteiger partial charge in [0.2, 0.25) is 5.91 Å². The van der Waals surface area contributed by atoms with Gasteiger partial charge in [0.25, 0.3) is 0 Å². The van der Waals surface area contributed by atoms with Gasteiger partial charge in [-0.25, -0.2) is 9.18 Å². The van der Waals surface area contributed by atoms with Gasteiger partial charge in [0, 0.05) is 99.7 Å². The van der Waals surface area contributed by atoms with E-state index in [-0.39, 0.29) is 55.6 Å². The number of piperidine rings is 1. The molecular formula is C46H61FN8O7. The van der Waals surface area contributed by atoms with Crippen LogP contribution in [-0.4, -0.2) is 133 Å². The Hall–Kier alpha value is -5.16. The number of likely N-dealkylation sites (N-methyl/N-ethyl adjacent to an activating group) is 1. The standard InChI is InChI=1S/C46H61FN8O7/c1-32-6-7-37(26-50-32)52-15-4-5-39(31-52)54(27-34-10-13-48-33(2)23-34)28-35-29-55(36-8-9-36)42-25-43(41(47)24-40(42)45(35)57)53-16-11-38(30-53)51(3)44(56)12-17-60-19-21-62-22-20-61-18-14-49-46(58)59/h6-7,10,13,23-26,29,36,38-39,49H,4-5,8-9,11-12,14-22,27-28,30-31H2,1-3H3,(H,58,59)/t38-,39+/m1/s1. The van der Waals surface area contributed by atoms with Crippen molar-refractivity contribution in [2.24, 2.45) is 0 Å². The van der Waals surface area contributed by atoms with Crippen molar-refractivity contribution in [3.8, 4) is 0 Å². The summed E-state index contributed by atoms with van der Waals surface area (Å²) in [6.07, 6.45) is 9.68. The molecule has 0 unspecified atom stereocenters. The molecule has 1 saturated carbocycles. The highest BCUT2D eigenvalue weighted by atomic mass is 19.1. The minimum Gasteiger partial charge on any atom is -0.465 e. The van der Waals surface area contributed by atoms with Crippen LogP contribution in [0.5, 0.6) is 0 Å². The summed E-state index contributed by atoms with van der Waals surface area (Å²) in [4.78, 5) is 55.5. The van der Waals surface area contributed by atoms with Gasteiger partial charge >= 0.3 is 6.09 Å². The Morgan fingerprint density at radius 2 is 1.63 bits per heavy atom. The van der Waals surface area contributed by atoms with Crippen LogP contribution in [0.1, 0.15) is 67.1 Å². The first-order valence-corrected chi connectivity index (χ1v) is 21.9. The predicted molar refractivity (Wildman–Crippen MR) is 235 cm³/mol. The Labute approximate surface area is 362 Å². The van der Waals surface area contributed by atoms with Gasteiger partial charge in [-0.05, 0) is 87.9 Å². The van der Waals surface area contributed by atoms with Crippen LogP contribution < -0.4 is 20.5 Å². The molecule has 4 aromatic rings. The van der Waals surface area contributed by atoms with Crippen molar-refractivity contribution in [3.05, 3.63) is 93.5 Å². The second kappa shape index (κ2) is 21.3. The topological polar surface area (TPSA) is 155 Å². The number of amides is 2. The van der Waals surface area contributed by atoms with Crippen molar-refractivity contribution in [1.82, 2.24) is 29.7 Å². The highest BCUT2D eigenvalue weighted by Gasteiger charge is 2.33. The predicted octanol–water partition coefficient (Wildman–Crippen LogP) is 5.30. The molecule has 3 aromatic heterocycles. The molecule has 2 amide bonds. The van der Waals surface area contributed by atoms with Gasteiger partial charge in [-0.15, -0.1) is 0 Å². The Balaban J connectivity index is 0.990. The van der Waals surface area contributed by atoms with Crippen molar-refractivity contribution in [3.63, 3.8) is 0 Å². The second-order valence-electron chi connectivity index (χ2n) is 16.8. The van der Waals surface area contributed by atoms with Crippen molar-refractivity contribution in [1.29, 1.82) is 0 Å². The van der Waals surface area contributed by atoms with Crippen molar-refractivity contribution >= 4 is 34.3 Å². The monoisotopic (exact) mass is 856 g/mol. The van der Waals surface area contributed by atoms with Crippen molar-refractivity contribution in [2.75, 3.05) is 89.2 Å². The highest BCUT2D eigenvalue weighted by Crippen LogP contribution is 2.39. The number of rotatable bonds is 21. The van der Waals surface area contributed by atoms with E-state index in [0.29, 0.717) is 75.7 Å². The van der Waals surface area contributed by atoms with Gasteiger partial charge in [0.15, 0.2) is 5.43 Å². The number of aromatic nitrogens is 3. The summed E-state index contributed by atoms with van der Waals surface area (Å²) in [5.41, 5.74) is 5.91. The van der Waals surface area contributed by atoms with Crippen LogP contribution >= 0.6 is 0 Å². The minimum absolute atomic E-state index is 0.0450. The Morgan fingerprint density at radius 1 is 0.871 bits per heavy atom. The van der Waals surface area contributed by atoms with Crippen LogP contribution in [0.25, 0.3) is 10.9 Å². The number of benzene rings is 1. The molecule has 334 valence electrons. The molecule has 2 aliphatic heterocycles. The Morgan fingerprint density at radius 3 is 2.35 bits per heavy atom. The molecule has 15 nitrogen and oxygen atoms in total. The summed E-state index contributed by atoms with van der Waals surface area (Å²) >= 11 is 0. The number of ether oxygens (including phenoxy) is 3. The number of carboxylic acid groups (broad SMARTS) is 1. The van der Waals surface area contributed by atoms with Gasteiger partial charge in [-0.1, -0.05) is 0 Å². The van der Waals surface area contributed by atoms with E-state index in [9.17, 15) is 14.4 Å². The third-order valence-corrected chi connectivity index (χ3v) is 12.2. The summed E-state index contributed by atoms with van der Waals surface area (Å²) in [5, 5.41) is 11.2. The molecule has 16 heteroatoms. The molecule has 62 heavy (non-hydrogen) atoms. The number of anilines is 2. The number of halogens is 1. The van der Waals surface area contributed by atoms with Crippen molar-refractivity contribution in [2.45, 2.75) is 83.6 Å². The molecule has 0 spiro atoms. The fraction of sp³-hybridized carbons (Fsp3) is 0.543. The molecular weight excluding hydrogens is 796 g/mol. The van der Waals surface area contributed by atoms with Gasteiger partial charge in [0.05, 0.1) is 75.2 Å². The first-order chi connectivity index (χ1) is 30.0. The van der Waals surface area contributed by atoms with Gasteiger partial charge in [-0.2, -0.15) is 0 Å². The quantitative estimate of drug-likeness (QED) is 0.105. The summed E-state index contributed by atoms with van der Waals surface area (Å²) in [6, 6.07) is 12.0. The zero-order chi connectivity index (χ0) is 43.6. The largest absolute Gasteiger partial charge is 0.465 e. The lowest BCUT2D eigenvalue weighted by Gasteiger charge is -2.40. The van der Waals surface area contributed by atoms with E-state index in [1.54, 1.807) is 11.9 Å². The summed E-state index contributed by atoms with van der Waals surface area (Å²) < 4.78 is 34.8. The van der Waals surface area contributed by atoms with Crippen LogP contribution in [-0.2, 0) is 32.1 Å². The molecule has 0 radical (unpaired) electrons. The van der Waals surface area contributed by atoms with E-state index in [4.69, 9.17) is 19.3 Å². The van der Waals surface area contributed by atoms with Crippen molar-refractivity contribution < 1.29 is 33.3 Å². The molecule has 2 N–H and O–H groups in total. The Kier molecular flexibility index (Phi) is 15.4. The maximum absolute atomic E-state index is 16.3. The molecule has 3 fully saturated rings. The van der Waals surface area contributed by atoms with Gasteiger partial charge in [0.1, 0.15) is 5.82 Å². The summed E-state index contributed by atoms with van der Waals surface area (Å²) in [6.45, 7) is 10.0. The number of nitrogens with one attached hydrogen (secondary N) is 1. The number of aryl methyl sites for hydroxylation is 2. The number of carbonyl (C=O) groups excluding carboxylic acids is 1. The van der Waals surface area contributed by atoms with E-state index < -0.39 is 11.9 Å². The number of carbonyl (C=O) groups is 2. The lowest BCUT2D eigenvalue weighted by Crippen LogP contribution is -2.48. The molecule has 1 aliphatic carbocycles. The van der Waals surface area contributed by atoms with Crippen LogP contribution in [0.2, 0.25) is 0 Å². The fourth-order valence-corrected chi connectivity index (χ4v) is 8.62. The zero-order valence-electron chi connectivity index (χ0n) is 36.3. The number of nitrogens with zero attached hydrogens (tertiary/aromatic N) is 7. The summed E-state index contributed by atoms with van der Waals surface area (Å²) in [5.74, 6) is -0.476. The van der Waals surface area contributed by atoms with Crippen LogP contribution in [0.4, 0.5) is 20.6 Å². The number of pyridine rings is 3. The third-order valence-electron chi connectivity index (χ3n) is 12.2. The van der Waals surface area contributed by atoms with Crippen LogP contribution in [0, 0.1) is 19.7 Å². The molecule has 0 bridgehead atoms. The van der Waals surface area contributed by atoms with E-state index >= 15 is 4.39 Å². The second-order valence-corrected chi connectivity index (χ2v) is 16.8. The molecule has 3 aliphatic rings. The first kappa shape index (κ1) is 44.9. The molecule has 2 saturated heterocycles. The van der Waals surface area contributed by atoms with Crippen LogP contribution in [0.15, 0.2) is 59.8 Å². The lowest BCUT2D eigenvalue weighted by molar-refractivity contribution is -0.132. The van der Waals surface area contributed by atoms with Gasteiger partial charge in [-0.3, -0.25) is 24.5 Å². The van der Waals surface area contributed by atoms with Gasteiger partial charge < -0.3 is 43.9 Å². The minimum atomic E-state index is -1.09. The van der Waals surface area contributed by atoms with E-state index in [0.717, 1.165) is 66.9 Å². The van der Waals surface area contributed by atoms with Crippen LogP contribution in [0.3, 0.4) is 0 Å². The highest BCUT2D eigenvalue weighted by molar-refractivity contribution is 5.84. The lowest BCUT2D eigenvalue weighted by atomic mass is 10.0. The zero-order valence-corrected chi connectivity index (χ0v) is 36.3. The number of hydrogen-bond donors (Lipinski definition) is 2. The SMILES string of the molecule is Cc1ccc(N2CCC[C@H](N(Cc3ccnc(C)c3)Cc3cn(C4CC4)c4cc(N5CC[C@@H](N(C)C(=O)CCOCCOCCOCCNC(=O)O)C5)c(F)cc4c3=O)C2)cn1. The maximum Gasteiger partial charge on any atom is 0.404 e. The third kappa shape index (κ3) is 11.8. The molecule has 1 aromatic carbocycles. The molecule has 5 heterocycles. The normalized spacial score (nSPS) is 17.9. The smallest absolute Gasteiger partial charge is 0.404 e. The number of hydrogen-bond acceptors (Lipinski definition) is 11. The van der Waals surface area contributed by atoms with E-state index in [1.807, 2.05) is 55.5 Å². The molecule has 7 rings (SSSR count).